The Morgan fingerprint density at radius 3 is 2.31 bits per heavy atom. The minimum absolute atomic E-state index is 0.0457. The van der Waals surface area contributed by atoms with Crippen molar-refractivity contribution in [3.05, 3.63) is 63.6 Å². The van der Waals surface area contributed by atoms with Crippen molar-refractivity contribution in [2.24, 2.45) is 0 Å². The van der Waals surface area contributed by atoms with E-state index < -0.39 is 21.5 Å². The summed E-state index contributed by atoms with van der Waals surface area (Å²) in [5.74, 6) is -0.422. The SMILES string of the molecule is CC(C)(C)NS(=O)(=O)c1cc(C(=O)NCc2ccccc2Cl)ccc1Cl. The molecule has 140 valence electrons. The van der Waals surface area contributed by atoms with E-state index in [1.807, 2.05) is 6.07 Å². The summed E-state index contributed by atoms with van der Waals surface area (Å²) in [5.41, 5.74) is 0.277. The number of amides is 1. The third-order valence-corrected chi connectivity index (χ3v) is 5.93. The van der Waals surface area contributed by atoms with Gasteiger partial charge in [0.15, 0.2) is 0 Å². The molecule has 2 rings (SSSR count). The predicted octanol–water partition coefficient (Wildman–Crippen LogP) is 4.00. The first-order valence-electron chi connectivity index (χ1n) is 7.85. The van der Waals surface area contributed by atoms with Gasteiger partial charge in [-0.2, -0.15) is 0 Å². The lowest BCUT2D eigenvalue weighted by Gasteiger charge is -2.21. The van der Waals surface area contributed by atoms with Crippen LogP contribution in [-0.2, 0) is 16.6 Å². The van der Waals surface area contributed by atoms with Gasteiger partial charge in [-0.25, -0.2) is 13.1 Å². The van der Waals surface area contributed by atoms with Crippen LogP contribution in [-0.4, -0.2) is 19.9 Å². The maximum Gasteiger partial charge on any atom is 0.251 e. The second-order valence-electron chi connectivity index (χ2n) is 6.77. The zero-order chi connectivity index (χ0) is 19.5. The molecule has 5 nitrogen and oxygen atoms in total. The molecule has 0 atom stereocenters. The van der Waals surface area contributed by atoms with Crippen LogP contribution in [0.5, 0.6) is 0 Å². The molecule has 0 radical (unpaired) electrons. The Morgan fingerprint density at radius 1 is 1.04 bits per heavy atom. The molecule has 0 saturated heterocycles. The number of halogens is 2. The van der Waals surface area contributed by atoms with Crippen LogP contribution in [0.4, 0.5) is 0 Å². The summed E-state index contributed by atoms with van der Waals surface area (Å²) >= 11 is 12.1. The van der Waals surface area contributed by atoms with Gasteiger partial charge in [-0.05, 0) is 50.6 Å². The normalized spacial score (nSPS) is 12.0. The number of rotatable bonds is 5. The second kappa shape index (κ2) is 7.96. The van der Waals surface area contributed by atoms with Gasteiger partial charge in [0.1, 0.15) is 4.90 Å². The molecule has 0 aliphatic carbocycles. The smallest absolute Gasteiger partial charge is 0.251 e. The molecule has 0 saturated carbocycles. The molecular formula is C18H20Cl2N2O3S. The highest BCUT2D eigenvalue weighted by Crippen LogP contribution is 2.24. The summed E-state index contributed by atoms with van der Waals surface area (Å²) in [6.07, 6.45) is 0. The van der Waals surface area contributed by atoms with Crippen molar-refractivity contribution in [1.82, 2.24) is 10.0 Å². The van der Waals surface area contributed by atoms with Gasteiger partial charge in [0, 0.05) is 22.7 Å². The van der Waals surface area contributed by atoms with Crippen LogP contribution in [0.2, 0.25) is 10.0 Å². The monoisotopic (exact) mass is 414 g/mol. The highest BCUT2D eigenvalue weighted by molar-refractivity contribution is 7.89. The molecule has 0 spiro atoms. The maximum atomic E-state index is 12.5. The molecule has 8 heteroatoms. The van der Waals surface area contributed by atoms with Crippen molar-refractivity contribution in [1.29, 1.82) is 0 Å². The van der Waals surface area contributed by atoms with Crippen molar-refractivity contribution in [3.63, 3.8) is 0 Å². The summed E-state index contributed by atoms with van der Waals surface area (Å²) in [4.78, 5) is 12.3. The minimum atomic E-state index is -3.86. The molecule has 0 fully saturated rings. The van der Waals surface area contributed by atoms with Crippen molar-refractivity contribution in [2.45, 2.75) is 37.8 Å². The first-order valence-corrected chi connectivity index (χ1v) is 10.1. The summed E-state index contributed by atoms with van der Waals surface area (Å²) in [6.45, 7) is 5.39. The molecule has 0 aromatic heterocycles. The quantitative estimate of drug-likeness (QED) is 0.775. The molecular weight excluding hydrogens is 395 g/mol. The first kappa shape index (κ1) is 20.7. The van der Waals surface area contributed by atoms with Crippen LogP contribution in [0.25, 0.3) is 0 Å². The molecule has 2 aromatic carbocycles. The van der Waals surface area contributed by atoms with Gasteiger partial charge < -0.3 is 5.32 Å². The van der Waals surface area contributed by atoms with Crippen molar-refractivity contribution in [3.8, 4) is 0 Å². The number of sulfonamides is 1. The summed E-state index contributed by atoms with van der Waals surface area (Å²) < 4.78 is 27.6. The van der Waals surface area contributed by atoms with Gasteiger partial charge in [-0.1, -0.05) is 41.4 Å². The Balaban J connectivity index is 2.23. The van der Waals surface area contributed by atoms with E-state index in [0.717, 1.165) is 5.56 Å². The molecule has 2 aromatic rings. The highest BCUT2D eigenvalue weighted by atomic mass is 35.5. The molecule has 0 aliphatic heterocycles. The zero-order valence-electron chi connectivity index (χ0n) is 14.6. The predicted molar refractivity (Wildman–Crippen MR) is 104 cm³/mol. The third kappa shape index (κ3) is 5.45. The van der Waals surface area contributed by atoms with Crippen LogP contribution >= 0.6 is 23.2 Å². The molecule has 26 heavy (non-hydrogen) atoms. The van der Waals surface area contributed by atoms with Gasteiger partial charge in [0.05, 0.1) is 5.02 Å². The largest absolute Gasteiger partial charge is 0.348 e. The Hall–Kier alpha value is -1.60. The lowest BCUT2D eigenvalue weighted by atomic mass is 10.1. The Morgan fingerprint density at radius 2 is 1.69 bits per heavy atom. The van der Waals surface area contributed by atoms with Crippen LogP contribution in [0.1, 0.15) is 36.7 Å². The van der Waals surface area contributed by atoms with E-state index in [2.05, 4.69) is 10.0 Å². The standard InChI is InChI=1S/C18H20Cl2N2O3S/c1-18(2,3)22-26(24,25)16-10-12(8-9-15(16)20)17(23)21-11-13-6-4-5-7-14(13)19/h4-10,22H,11H2,1-3H3,(H,21,23). The molecule has 2 N–H and O–H groups in total. The molecule has 1 amide bonds. The first-order chi connectivity index (χ1) is 12.0. The van der Waals surface area contributed by atoms with E-state index >= 15 is 0 Å². The van der Waals surface area contributed by atoms with E-state index in [0.29, 0.717) is 5.02 Å². The fraction of sp³-hybridized carbons (Fsp3) is 0.278. The minimum Gasteiger partial charge on any atom is -0.348 e. The van der Waals surface area contributed by atoms with E-state index in [-0.39, 0.29) is 22.0 Å². The van der Waals surface area contributed by atoms with Crippen LogP contribution in [0, 0.1) is 0 Å². The average molecular weight is 415 g/mol. The lowest BCUT2D eigenvalue weighted by molar-refractivity contribution is 0.0950. The van der Waals surface area contributed by atoms with E-state index in [4.69, 9.17) is 23.2 Å². The van der Waals surface area contributed by atoms with E-state index in [1.54, 1.807) is 39.0 Å². The number of hydrogen-bond donors (Lipinski definition) is 2. The van der Waals surface area contributed by atoms with Crippen molar-refractivity contribution in [2.75, 3.05) is 0 Å². The second-order valence-corrected chi connectivity index (χ2v) is 9.24. The Bertz CT molecular complexity index is 922. The number of carbonyl (C=O) groups is 1. The number of carbonyl (C=O) groups excluding carboxylic acids is 1. The summed E-state index contributed by atoms with van der Waals surface area (Å²) in [7, 11) is -3.86. The molecule has 0 heterocycles. The number of benzene rings is 2. The molecule has 0 bridgehead atoms. The molecule has 0 aliphatic rings. The lowest BCUT2D eigenvalue weighted by Crippen LogP contribution is -2.40. The van der Waals surface area contributed by atoms with E-state index in [9.17, 15) is 13.2 Å². The van der Waals surface area contributed by atoms with Crippen LogP contribution in [0.15, 0.2) is 47.4 Å². The number of nitrogens with one attached hydrogen (secondary N) is 2. The fourth-order valence-corrected chi connectivity index (χ4v) is 4.38. The topological polar surface area (TPSA) is 75.3 Å². The Labute approximate surface area is 163 Å². The highest BCUT2D eigenvalue weighted by Gasteiger charge is 2.25. The average Bonchev–Trinajstić information content (AvgIpc) is 2.51. The number of hydrogen-bond acceptors (Lipinski definition) is 3. The summed E-state index contributed by atoms with van der Waals surface area (Å²) in [5, 5.41) is 3.31. The van der Waals surface area contributed by atoms with Crippen LogP contribution in [0.3, 0.4) is 0 Å². The van der Waals surface area contributed by atoms with Gasteiger partial charge in [-0.15, -0.1) is 0 Å². The maximum absolute atomic E-state index is 12.5. The molecule has 0 unspecified atom stereocenters. The van der Waals surface area contributed by atoms with Crippen LogP contribution < -0.4 is 10.0 Å². The van der Waals surface area contributed by atoms with Gasteiger partial charge in [-0.3, -0.25) is 4.79 Å². The third-order valence-electron chi connectivity index (χ3n) is 3.32. The Kier molecular flexibility index (Phi) is 6.34. The zero-order valence-corrected chi connectivity index (χ0v) is 17.0. The van der Waals surface area contributed by atoms with Crippen molar-refractivity contribution < 1.29 is 13.2 Å². The summed E-state index contributed by atoms with van der Waals surface area (Å²) in [6, 6.07) is 11.3. The van der Waals surface area contributed by atoms with Crippen molar-refractivity contribution >= 4 is 39.1 Å². The fourth-order valence-electron chi connectivity index (χ4n) is 2.23. The van der Waals surface area contributed by atoms with Gasteiger partial charge >= 0.3 is 0 Å². The van der Waals surface area contributed by atoms with Gasteiger partial charge in [0.2, 0.25) is 10.0 Å². The van der Waals surface area contributed by atoms with Gasteiger partial charge in [0.25, 0.3) is 5.91 Å². The van der Waals surface area contributed by atoms with E-state index in [1.165, 1.54) is 18.2 Å².